The topological polar surface area (TPSA) is 133 Å². The predicted molar refractivity (Wildman–Crippen MR) is 95.6 cm³/mol. The molecule has 0 saturated carbocycles. The summed E-state index contributed by atoms with van der Waals surface area (Å²) in [4.78, 5) is 26.7. The van der Waals surface area contributed by atoms with Crippen molar-refractivity contribution in [1.29, 1.82) is 10.5 Å². The minimum Gasteiger partial charge on any atom is -0.422 e. The number of aromatic amines is 1. The van der Waals surface area contributed by atoms with E-state index >= 15 is 0 Å². The second-order valence-corrected chi connectivity index (χ2v) is 6.06. The van der Waals surface area contributed by atoms with E-state index < -0.39 is 11.5 Å². The van der Waals surface area contributed by atoms with Gasteiger partial charge in [0.2, 0.25) is 0 Å². The smallest absolute Gasteiger partial charge is 0.353 e. The first-order valence-electron chi connectivity index (χ1n) is 7.27. The fourth-order valence-corrected chi connectivity index (χ4v) is 2.97. The van der Waals surface area contributed by atoms with Crippen molar-refractivity contribution in [3.05, 3.63) is 68.1 Å². The number of nitrogens with zero attached hydrogens (tertiary/aromatic N) is 2. The maximum absolute atomic E-state index is 12.0. The number of hydrogen-bond donors (Lipinski definition) is 2. The van der Waals surface area contributed by atoms with Crippen LogP contribution in [-0.2, 0) is 0 Å². The standard InChI is InChI=1S/C18H10N4O3S/c19-8-12-15(13(9-20)17(23)22-16(12)21)10-3-5-11(6-4-10)25-18(24)14-2-1-7-26-14/h1-7H,(H3,21,22,23). The van der Waals surface area contributed by atoms with Crippen LogP contribution in [0.3, 0.4) is 0 Å². The van der Waals surface area contributed by atoms with E-state index in [9.17, 15) is 20.1 Å². The average Bonchev–Trinajstić information content (AvgIpc) is 3.17. The van der Waals surface area contributed by atoms with Gasteiger partial charge in [0.25, 0.3) is 5.56 Å². The molecule has 126 valence electrons. The van der Waals surface area contributed by atoms with Gasteiger partial charge in [-0.05, 0) is 29.1 Å². The summed E-state index contributed by atoms with van der Waals surface area (Å²) < 4.78 is 5.26. The summed E-state index contributed by atoms with van der Waals surface area (Å²) in [5.74, 6) is -0.301. The molecule has 2 aromatic heterocycles. The van der Waals surface area contributed by atoms with Crippen molar-refractivity contribution in [2.24, 2.45) is 0 Å². The number of rotatable bonds is 3. The molecule has 2 heterocycles. The molecular weight excluding hydrogens is 352 g/mol. The van der Waals surface area contributed by atoms with Gasteiger partial charge in [-0.25, -0.2) is 4.79 Å². The van der Waals surface area contributed by atoms with Gasteiger partial charge in [-0.15, -0.1) is 11.3 Å². The van der Waals surface area contributed by atoms with Gasteiger partial charge in [-0.2, -0.15) is 10.5 Å². The summed E-state index contributed by atoms with van der Waals surface area (Å²) in [5.41, 5.74) is 5.39. The first kappa shape index (κ1) is 17.0. The summed E-state index contributed by atoms with van der Waals surface area (Å²) in [7, 11) is 0. The van der Waals surface area contributed by atoms with Gasteiger partial charge in [0.15, 0.2) is 0 Å². The second-order valence-electron chi connectivity index (χ2n) is 5.11. The molecule has 0 aliphatic heterocycles. The van der Waals surface area contributed by atoms with E-state index in [2.05, 4.69) is 4.98 Å². The number of ether oxygens (including phenoxy) is 1. The molecule has 0 aliphatic carbocycles. The number of nitrogens with one attached hydrogen (secondary N) is 1. The Morgan fingerprint density at radius 3 is 2.38 bits per heavy atom. The fraction of sp³-hybridized carbons (Fsp3) is 0. The third kappa shape index (κ3) is 3.05. The van der Waals surface area contributed by atoms with Crippen LogP contribution in [0.15, 0.2) is 46.6 Å². The zero-order chi connectivity index (χ0) is 18.7. The molecular formula is C18H10N4O3S. The monoisotopic (exact) mass is 362 g/mol. The molecule has 26 heavy (non-hydrogen) atoms. The van der Waals surface area contributed by atoms with Crippen LogP contribution >= 0.6 is 11.3 Å². The van der Waals surface area contributed by atoms with Crippen LogP contribution in [0, 0.1) is 22.7 Å². The number of nitrogen functional groups attached to an aromatic ring is 1. The lowest BCUT2D eigenvalue weighted by Gasteiger charge is -2.09. The van der Waals surface area contributed by atoms with Crippen molar-refractivity contribution in [3.63, 3.8) is 0 Å². The number of hydrogen-bond acceptors (Lipinski definition) is 7. The van der Waals surface area contributed by atoms with Gasteiger partial charge in [0, 0.05) is 5.56 Å². The average molecular weight is 362 g/mol. The van der Waals surface area contributed by atoms with Gasteiger partial charge >= 0.3 is 5.97 Å². The molecule has 0 bridgehead atoms. The number of thiophene rings is 1. The molecule has 0 amide bonds. The van der Waals surface area contributed by atoms with E-state index in [1.165, 1.54) is 23.5 Å². The number of carbonyl (C=O) groups excluding carboxylic acids is 1. The van der Waals surface area contributed by atoms with Gasteiger partial charge < -0.3 is 15.5 Å². The summed E-state index contributed by atoms with van der Waals surface area (Å²) in [5, 5.41) is 20.4. The Labute approximate surface area is 151 Å². The fourth-order valence-electron chi connectivity index (χ4n) is 2.37. The molecule has 3 aromatic rings. The van der Waals surface area contributed by atoms with Crippen LogP contribution in [0.4, 0.5) is 5.82 Å². The van der Waals surface area contributed by atoms with Gasteiger partial charge in [-0.3, -0.25) is 4.79 Å². The quantitative estimate of drug-likeness (QED) is 0.543. The third-order valence-corrected chi connectivity index (χ3v) is 4.39. The number of nitriles is 2. The van der Waals surface area contributed by atoms with Crippen LogP contribution in [0.1, 0.15) is 20.8 Å². The minimum atomic E-state index is -0.674. The molecule has 0 atom stereocenters. The maximum atomic E-state index is 12.0. The number of aromatic nitrogens is 1. The van der Waals surface area contributed by atoms with Crippen molar-refractivity contribution in [3.8, 4) is 29.0 Å². The molecule has 0 unspecified atom stereocenters. The number of esters is 1. The Morgan fingerprint density at radius 1 is 1.12 bits per heavy atom. The normalized spacial score (nSPS) is 9.92. The van der Waals surface area contributed by atoms with Gasteiger partial charge in [0.05, 0.1) is 0 Å². The number of benzene rings is 1. The van der Waals surface area contributed by atoms with Crippen molar-refractivity contribution >= 4 is 23.1 Å². The third-order valence-electron chi connectivity index (χ3n) is 3.54. The van der Waals surface area contributed by atoms with E-state index in [-0.39, 0.29) is 22.5 Å². The molecule has 0 aliphatic rings. The first-order valence-corrected chi connectivity index (χ1v) is 8.15. The van der Waals surface area contributed by atoms with Crippen LogP contribution < -0.4 is 16.0 Å². The molecule has 0 radical (unpaired) electrons. The number of carbonyl (C=O) groups is 1. The van der Waals surface area contributed by atoms with Crippen molar-refractivity contribution in [1.82, 2.24) is 4.98 Å². The van der Waals surface area contributed by atoms with Crippen molar-refractivity contribution in [2.75, 3.05) is 5.73 Å². The largest absolute Gasteiger partial charge is 0.422 e. The molecule has 1 aromatic carbocycles. The highest BCUT2D eigenvalue weighted by Crippen LogP contribution is 2.29. The second kappa shape index (κ2) is 6.93. The van der Waals surface area contributed by atoms with E-state index in [1.807, 2.05) is 6.07 Å². The molecule has 0 fully saturated rings. The number of H-pyrrole nitrogens is 1. The summed E-state index contributed by atoms with van der Waals surface area (Å²) in [6.45, 7) is 0. The van der Waals surface area contributed by atoms with Gasteiger partial charge in [0.1, 0.15) is 39.7 Å². The maximum Gasteiger partial charge on any atom is 0.353 e. The zero-order valence-corrected chi connectivity index (χ0v) is 14.0. The van der Waals surface area contributed by atoms with Crippen LogP contribution in [-0.4, -0.2) is 11.0 Å². The summed E-state index contributed by atoms with van der Waals surface area (Å²) in [6, 6.07) is 13.2. The summed E-state index contributed by atoms with van der Waals surface area (Å²) in [6.07, 6.45) is 0. The Hall–Kier alpha value is -3.88. The lowest BCUT2D eigenvalue weighted by Crippen LogP contribution is -2.16. The lowest BCUT2D eigenvalue weighted by molar-refractivity contribution is 0.0740. The van der Waals surface area contributed by atoms with E-state index in [1.54, 1.807) is 35.7 Å². The predicted octanol–water partition coefficient (Wildman–Crippen LogP) is 2.65. The molecule has 7 nitrogen and oxygen atoms in total. The van der Waals surface area contributed by atoms with Crippen LogP contribution in [0.2, 0.25) is 0 Å². The highest BCUT2D eigenvalue weighted by Gasteiger charge is 2.18. The molecule has 3 rings (SSSR count). The van der Waals surface area contributed by atoms with Gasteiger partial charge in [-0.1, -0.05) is 18.2 Å². The van der Waals surface area contributed by atoms with E-state index in [0.717, 1.165) is 0 Å². The Balaban J connectivity index is 2.00. The van der Waals surface area contributed by atoms with Crippen LogP contribution in [0.25, 0.3) is 11.1 Å². The summed E-state index contributed by atoms with van der Waals surface area (Å²) >= 11 is 1.26. The SMILES string of the molecule is N#Cc1c(N)[nH]c(=O)c(C#N)c1-c1ccc(OC(=O)c2cccs2)cc1. The minimum absolute atomic E-state index is 0.00415. The Kier molecular flexibility index (Phi) is 4.52. The zero-order valence-electron chi connectivity index (χ0n) is 13.1. The number of pyridine rings is 1. The van der Waals surface area contributed by atoms with Crippen LogP contribution in [0.5, 0.6) is 5.75 Å². The van der Waals surface area contributed by atoms with Crippen molar-refractivity contribution in [2.45, 2.75) is 0 Å². The Bertz CT molecular complexity index is 1120. The molecule has 8 heteroatoms. The van der Waals surface area contributed by atoms with E-state index in [0.29, 0.717) is 16.2 Å². The lowest BCUT2D eigenvalue weighted by atomic mass is 9.97. The molecule has 3 N–H and O–H groups in total. The highest BCUT2D eigenvalue weighted by atomic mass is 32.1. The first-order chi connectivity index (χ1) is 12.5. The molecule has 0 saturated heterocycles. The number of anilines is 1. The molecule has 0 spiro atoms. The van der Waals surface area contributed by atoms with Crippen molar-refractivity contribution < 1.29 is 9.53 Å². The highest BCUT2D eigenvalue weighted by molar-refractivity contribution is 7.12. The Morgan fingerprint density at radius 2 is 1.81 bits per heavy atom. The number of nitrogens with two attached hydrogens (primary N) is 1. The van der Waals surface area contributed by atoms with E-state index in [4.69, 9.17) is 10.5 Å².